The van der Waals surface area contributed by atoms with Crippen LogP contribution in [0.3, 0.4) is 0 Å². The van der Waals surface area contributed by atoms with E-state index in [9.17, 15) is 18.0 Å². The van der Waals surface area contributed by atoms with Crippen LogP contribution in [0.15, 0.2) is 30.3 Å². The van der Waals surface area contributed by atoms with E-state index < -0.39 is 24.8 Å². The summed E-state index contributed by atoms with van der Waals surface area (Å²) in [6, 6.07) is 7.32. The van der Waals surface area contributed by atoms with Gasteiger partial charge < -0.3 is 15.4 Å². The van der Waals surface area contributed by atoms with Crippen LogP contribution in [0.1, 0.15) is 24.5 Å². The number of hydrogen-bond donors (Lipinski definition) is 2. The summed E-state index contributed by atoms with van der Waals surface area (Å²) < 4.78 is 44.1. The molecule has 7 heteroatoms. The number of piperidine rings is 1. The number of carbonyl (C=O) groups excluding carboxylic acids is 1. The Kier molecular flexibility index (Phi) is 6.41. The number of ether oxygens (including phenoxy) is 1. The smallest absolute Gasteiger partial charge is 0.354 e. The highest BCUT2D eigenvalue weighted by Gasteiger charge is 2.42. The van der Waals surface area contributed by atoms with Gasteiger partial charge in [-0.2, -0.15) is 13.2 Å². The summed E-state index contributed by atoms with van der Waals surface area (Å²) in [5.74, 6) is -0.151. The average Bonchev–Trinajstić information content (AvgIpc) is 2.54. The van der Waals surface area contributed by atoms with Crippen molar-refractivity contribution in [3.05, 3.63) is 35.9 Å². The van der Waals surface area contributed by atoms with Crippen molar-refractivity contribution in [1.82, 2.24) is 10.6 Å². The van der Waals surface area contributed by atoms with Crippen LogP contribution >= 0.6 is 0 Å². The van der Waals surface area contributed by atoms with E-state index in [1.807, 2.05) is 0 Å². The van der Waals surface area contributed by atoms with Gasteiger partial charge in [-0.1, -0.05) is 30.3 Å². The zero-order valence-corrected chi connectivity index (χ0v) is 12.7. The van der Waals surface area contributed by atoms with Gasteiger partial charge in [0.1, 0.15) is 6.61 Å². The quantitative estimate of drug-likeness (QED) is 0.842. The predicted molar refractivity (Wildman–Crippen MR) is 79.8 cm³/mol. The number of amides is 1. The van der Waals surface area contributed by atoms with Crippen LogP contribution in [0.2, 0.25) is 0 Å². The molecular weight excluding hydrogens is 309 g/mol. The molecule has 23 heavy (non-hydrogen) atoms. The second-order valence-corrected chi connectivity index (χ2v) is 5.64. The number of nitrogens with one attached hydrogen (secondary N) is 2. The first-order chi connectivity index (χ1) is 11.0. The van der Waals surface area contributed by atoms with Gasteiger partial charge in [0.15, 0.2) is 6.10 Å². The Morgan fingerprint density at radius 3 is 2.52 bits per heavy atom. The maximum absolute atomic E-state index is 13.1. The molecule has 128 valence electrons. The summed E-state index contributed by atoms with van der Waals surface area (Å²) >= 11 is 0. The number of hydrogen-bond acceptors (Lipinski definition) is 3. The zero-order chi connectivity index (χ0) is 16.7. The maximum atomic E-state index is 13.1. The van der Waals surface area contributed by atoms with Gasteiger partial charge in [0.2, 0.25) is 5.91 Å². The minimum Gasteiger partial charge on any atom is -0.354 e. The molecule has 0 aromatic heterocycles. The highest BCUT2D eigenvalue weighted by Crippen LogP contribution is 2.35. The van der Waals surface area contributed by atoms with Crippen molar-refractivity contribution < 1.29 is 22.7 Å². The largest absolute Gasteiger partial charge is 0.418 e. The minimum absolute atomic E-state index is 0.00819. The van der Waals surface area contributed by atoms with Crippen molar-refractivity contribution in [2.24, 2.45) is 5.92 Å². The Hall–Kier alpha value is -1.60. The molecule has 1 atom stereocenters. The molecule has 2 N–H and O–H groups in total. The summed E-state index contributed by atoms with van der Waals surface area (Å²) in [5, 5.41) is 5.87. The number of alkyl halides is 3. The number of carbonyl (C=O) groups is 1. The fourth-order valence-corrected chi connectivity index (χ4v) is 2.56. The van der Waals surface area contributed by atoms with E-state index in [4.69, 9.17) is 4.74 Å². The molecule has 1 amide bonds. The van der Waals surface area contributed by atoms with Crippen molar-refractivity contribution in [2.75, 3.05) is 26.2 Å². The van der Waals surface area contributed by atoms with Gasteiger partial charge in [-0.3, -0.25) is 4.79 Å². The topological polar surface area (TPSA) is 50.4 Å². The van der Waals surface area contributed by atoms with Crippen molar-refractivity contribution >= 4 is 5.91 Å². The van der Waals surface area contributed by atoms with E-state index in [-0.39, 0.29) is 5.56 Å². The lowest BCUT2D eigenvalue weighted by molar-refractivity contribution is -0.223. The molecule has 1 aromatic carbocycles. The van der Waals surface area contributed by atoms with Gasteiger partial charge in [0.25, 0.3) is 0 Å². The van der Waals surface area contributed by atoms with Crippen molar-refractivity contribution in [3.8, 4) is 0 Å². The third-order valence-electron chi connectivity index (χ3n) is 3.83. The van der Waals surface area contributed by atoms with Gasteiger partial charge >= 0.3 is 6.18 Å². The van der Waals surface area contributed by atoms with E-state index >= 15 is 0 Å². The van der Waals surface area contributed by atoms with Gasteiger partial charge in [-0.15, -0.1) is 0 Å². The highest BCUT2D eigenvalue weighted by molar-refractivity contribution is 5.77. The van der Waals surface area contributed by atoms with Crippen LogP contribution in [0.5, 0.6) is 0 Å². The second kappa shape index (κ2) is 8.31. The fraction of sp³-hybridized carbons (Fsp3) is 0.562. The van der Waals surface area contributed by atoms with Gasteiger partial charge in [-0.05, 0) is 37.4 Å². The molecule has 0 spiro atoms. The molecule has 4 nitrogen and oxygen atoms in total. The molecule has 1 aromatic rings. The van der Waals surface area contributed by atoms with Crippen molar-refractivity contribution in [2.45, 2.75) is 25.1 Å². The lowest BCUT2D eigenvalue weighted by Crippen LogP contribution is -2.38. The molecule has 1 saturated heterocycles. The van der Waals surface area contributed by atoms with Crippen molar-refractivity contribution in [1.29, 1.82) is 0 Å². The maximum Gasteiger partial charge on any atom is 0.418 e. The van der Waals surface area contributed by atoms with Crippen LogP contribution in [0.4, 0.5) is 13.2 Å². The third-order valence-corrected chi connectivity index (χ3v) is 3.83. The standard InChI is InChI=1S/C16H21F3N2O2/c17-16(18,19)15(13-4-2-1-3-5-13)23-11-14(22)21-10-12-6-8-20-9-7-12/h1-5,12,15,20H,6-11H2,(H,21,22)/t15-/m0/s1. The predicted octanol–water partition coefficient (Wildman–Crippen LogP) is 2.42. The number of rotatable bonds is 6. The summed E-state index contributed by atoms with van der Waals surface area (Å²) in [6.07, 6.45) is -4.74. The fourth-order valence-electron chi connectivity index (χ4n) is 2.56. The molecule has 0 radical (unpaired) electrons. The first kappa shape index (κ1) is 17.7. The molecule has 1 fully saturated rings. The van der Waals surface area contributed by atoms with Gasteiger partial charge in [0.05, 0.1) is 0 Å². The monoisotopic (exact) mass is 330 g/mol. The Morgan fingerprint density at radius 1 is 1.26 bits per heavy atom. The summed E-state index contributed by atoms with van der Waals surface area (Å²) in [7, 11) is 0. The molecule has 1 heterocycles. The van der Waals surface area contributed by atoms with E-state index in [0.29, 0.717) is 12.5 Å². The molecular formula is C16H21F3N2O2. The number of benzene rings is 1. The Bertz CT molecular complexity index is 488. The summed E-state index contributed by atoms with van der Waals surface area (Å²) in [5.41, 5.74) is -0.00819. The van der Waals surface area contributed by atoms with E-state index in [1.165, 1.54) is 24.3 Å². The Morgan fingerprint density at radius 2 is 1.91 bits per heavy atom. The lowest BCUT2D eigenvalue weighted by Gasteiger charge is -2.23. The third kappa shape index (κ3) is 5.84. The van der Waals surface area contributed by atoms with Crippen LogP contribution < -0.4 is 10.6 Å². The SMILES string of the molecule is O=C(CO[C@@H](c1ccccc1)C(F)(F)F)NCC1CCNCC1. The van der Waals surface area contributed by atoms with Crippen molar-refractivity contribution in [3.63, 3.8) is 0 Å². The van der Waals surface area contributed by atoms with Gasteiger partial charge in [-0.25, -0.2) is 0 Å². The summed E-state index contributed by atoms with van der Waals surface area (Å²) in [4.78, 5) is 11.7. The zero-order valence-electron chi connectivity index (χ0n) is 12.7. The highest BCUT2D eigenvalue weighted by atomic mass is 19.4. The first-order valence-electron chi connectivity index (χ1n) is 7.67. The minimum atomic E-state index is -4.56. The molecule has 0 unspecified atom stereocenters. The Labute approximate surface area is 133 Å². The molecule has 0 bridgehead atoms. The summed E-state index contributed by atoms with van der Waals surface area (Å²) in [6.45, 7) is 1.68. The average molecular weight is 330 g/mol. The molecule has 1 aliphatic rings. The van der Waals surface area contributed by atoms with Crippen LogP contribution in [0, 0.1) is 5.92 Å². The lowest BCUT2D eigenvalue weighted by atomic mass is 9.98. The first-order valence-corrected chi connectivity index (χ1v) is 7.67. The molecule has 0 aliphatic carbocycles. The molecule has 2 rings (SSSR count). The van der Waals surface area contributed by atoms with E-state index in [1.54, 1.807) is 6.07 Å². The normalized spacial score (nSPS) is 17.7. The van der Waals surface area contributed by atoms with E-state index in [0.717, 1.165) is 25.9 Å². The second-order valence-electron chi connectivity index (χ2n) is 5.64. The van der Waals surface area contributed by atoms with Gasteiger partial charge in [0, 0.05) is 6.54 Å². The van der Waals surface area contributed by atoms with Crippen LogP contribution in [0.25, 0.3) is 0 Å². The Balaban J connectivity index is 1.82. The van der Waals surface area contributed by atoms with Crippen LogP contribution in [-0.4, -0.2) is 38.3 Å². The number of halogens is 3. The van der Waals surface area contributed by atoms with E-state index in [2.05, 4.69) is 10.6 Å². The molecule has 0 saturated carbocycles. The van der Waals surface area contributed by atoms with Crippen LogP contribution in [-0.2, 0) is 9.53 Å². The molecule has 1 aliphatic heterocycles.